The van der Waals surface area contributed by atoms with Crippen molar-refractivity contribution in [3.63, 3.8) is 0 Å². The maximum atomic E-state index is 13.3. The molecule has 0 radical (unpaired) electrons. The van der Waals surface area contributed by atoms with E-state index in [0.29, 0.717) is 17.5 Å². The number of rotatable bonds is 8. The van der Waals surface area contributed by atoms with Crippen molar-refractivity contribution in [3.05, 3.63) is 84.2 Å². The van der Waals surface area contributed by atoms with Crippen molar-refractivity contribution >= 4 is 23.4 Å². The number of amides is 1. The van der Waals surface area contributed by atoms with Crippen molar-refractivity contribution in [3.8, 4) is 23.1 Å². The topological polar surface area (TPSA) is 87.7 Å². The van der Waals surface area contributed by atoms with E-state index in [1.54, 1.807) is 17.3 Å². The van der Waals surface area contributed by atoms with Crippen LogP contribution in [0.15, 0.2) is 78.2 Å². The molecule has 0 atom stereocenters. The number of benzene rings is 2. The minimum absolute atomic E-state index is 0.0849. The summed E-state index contributed by atoms with van der Waals surface area (Å²) >= 11 is 1.33. The van der Waals surface area contributed by atoms with Gasteiger partial charge in [-0.2, -0.15) is 5.26 Å². The Morgan fingerprint density at radius 3 is 2.41 bits per heavy atom. The van der Waals surface area contributed by atoms with E-state index in [1.807, 2.05) is 73.0 Å². The predicted octanol–water partition coefficient (Wildman–Crippen LogP) is 4.99. The van der Waals surface area contributed by atoms with Gasteiger partial charge in [-0.15, -0.1) is 10.2 Å². The molecule has 0 bridgehead atoms. The molecule has 0 N–H and O–H groups in total. The molecule has 0 aliphatic rings. The highest BCUT2D eigenvalue weighted by Crippen LogP contribution is 2.28. The van der Waals surface area contributed by atoms with Crippen LogP contribution in [-0.4, -0.2) is 38.0 Å². The zero-order chi connectivity index (χ0) is 23.9. The molecule has 0 fully saturated rings. The van der Waals surface area contributed by atoms with Gasteiger partial charge in [-0.1, -0.05) is 36.0 Å². The van der Waals surface area contributed by atoms with E-state index in [9.17, 15) is 4.79 Å². The smallest absolute Gasteiger partial charge is 0.237 e. The summed E-state index contributed by atoms with van der Waals surface area (Å²) in [6.07, 6.45) is 3.69. The van der Waals surface area contributed by atoms with Crippen LogP contribution < -0.4 is 4.90 Å². The van der Waals surface area contributed by atoms with Gasteiger partial charge in [-0.3, -0.25) is 14.3 Å². The lowest BCUT2D eigenvalue weighted by Crippen LogP contribution is -2.33. The fourth-order valence-corrected chi connectivity index (χ4v) is 4.56. The Hall–Kier alpha value is -3.96. The Balaban J connectivity index is 1.63. The molecule has 34 heavy (non-hydrogen) atoms. The average molecular weight is 469 g/mol. The lowest BCUT2D eigenvalue weighted by Gasteiger charge is -2.22. The van der Waals surface area contributed by atoms with Crippen LogP contribution in [0.2, 0.25) is 0 Å². The third-order valence-electron chi connectivity index (χ3n) is 5.18. The van der Waals surface area contributed by atoms with Crippen LogP contribution in [0.3, 0.4) is 0 Å². The van der Waals surface area contributed by atoms with Crippen molar-refractivity contribution in [2.45, 2.75) is 25.4 Å². The fraction of sp³-hybridized carbons (Fsp3) is 0.192. The number of hydrogen-bond acceptors (Lipinski definition) is 6. The van der Waals surface area contributed by atoms with Crippen LogP contribution in [0.1, 0.15) is 17.5 Å². The molecule has 170 valence electrons. The minimum atomic E-state index is -0.0849. The number of carbonyl (C=O) groups is 1. The Kier molecular flexibility index (Phi) is 7.35. The van der Waals surface area contributed by atoms with Crippen molar-refractivity contribution in [2.75, 3.05) is 17.2 Å². The summed E-state index contributed by atoms with van der Waals surface area (Å²) in [5.74, 6) is 0.761. The second-order valence-corrected chi connectivity index (χ2v) is 8.74. The van der Waals surface area contributed by atoms with E-state index in [0.717, 1.165) is 28.1 Å². The predicted molar refractivity (Wildman–Crippen MR) is 134 cm³/mol. The number of aryl methyl sites for hydroxylation is 2. The van der Waals surface area contributed by atoms with Gasteiger partial charge in [-0.25, -0.2) is 0 Å². The molecule has 7 nitrogen and oxygen atoms in total. The van der Waals surface area contributed by atoms with Crippen molar-refractivity contribution < 1.29 is 4.79 Å². The van der Waals surface area contributed by atoms with Crippen LogP contribution >= 0.6 is 11.8 Å². The van der Waals surface area contributed by atoms with Crippen LogP contribution in [0, 0.1) is 25.2 Å². The number of hydrogen-bond donors (Lipinski definition) is 0. The van der Waals surface area contributed by atoms with Crippen molar-refractivity contribution in [2.24, 2.45) is 0 Å². The Morgan fingerprint density at radius 1 is 1.03 bits per heavy atom. The molecule has 0 unspecified atom stereocenters. The monoisotopic (exact) mass is 468 g/mol. The Labute approximate surface area is 203 Å². The number of thioether (sulfide) groups is 1. The normalized spacial score (nSPS) is 10.6. The maximum absolute atomic E-state index is 13.3. The average Bonchev–Trinajstić information content (AvgIpc) is 3.27. The molecule has 0 saturated carbocycles. The minimum Gasteiger partial charge on any atom is -0.311 e. The molecule has 0 spiro atoms. The molecular weight excluding hydrogens is 444 g/mol. The van der Waals surface area contributed by atoms with Gasteiger partial charge in [0.15, 0.2) is 11.0 Å². The molecule has 1 amide bonds. The molecule has 4 aromatic rings. The fourth-order valence-electron chi connectivity index (χ4n) is 3.73. The standard InChI is InChI=1S/C26H24N6OS/c1-19-15-20(2)17-23(16-19)31(14-6-11-27)24(33)18-34-26-30-29-25(21-9-12-28-13-10-21)32(26)22-7-4-3-5-8-22/h3-5,7-10,12-13,15-17H,6,14,18H2,1-2H3. The number of para-hydroxylation sites is 1. The Morgan fingerprint density at radius 2 is 1.74 bits per heavy atom. The molecule has 2 heterocycles. The molecule has 0 aliphatic carbocycles. The largest absolute Gasteiger partial charge is 0.311 e. The van der Waals surface area contributed by atoms with E-state index in [4.69, 9.17) is 5.26 Å². The first-order valence-electron chi connectivity index (χ1n) is 10.9. The van der Waals surface area contributed by atoms with Crippen LogP contribution in [-0.2, 0) is 4.79 Å². The number of carbonyl (C=O) groups excluding carboxylic acids is 1. The van der Waals surface area contributed by atoms with Gasteiger partial charge in [0.05, 0.1) is 18.2 Å². The number of nitriles is 1. The van der Waals surface area contributed by atoms with Crippen LogP contribution in [0.5, 0.6) is 0 Å². The summed E-state index contributed by atoms with van der Waals surface area (Å²) in [5, 5.41) is 18.5. The summed E-state index contributed by atoms with van der Waals surface area (Å²) in [7, 11) is 0. The Bertz CT molecular complexity index is 1290. The van der Waals surface area contributed by atoms with E-state index < -0.39 is 0 Å². The molecule has 2 aromatic carbocycles. The molecular formula is C26H24N6OS. The second-order valence-electron chi connectivity index (χ2n) is 7.80. The molecule has 2 aromatic heterocycles. The lowest BCUT2D eigenvalue weighted by molar-refractivity contribution is -0.116. The summed E-state index contributed by atoms with van der Waals surface area (Å²) < 4.78 is 1.95. The quantitative estimate of drug-likeness (QED) is 0.339. The van der Waals surface area contributed by atoms with Gasteiger partial charge >= 0.3 is 0 Å². The highest BCUT2D eigenvalue weighted by atomic mass is 32.2. The number of nitrogens with zero attached hydrogens (tertiary/aromatic N) is 6. The van der Waals surface area contributed by atoms with Gasteiger partial charge < -0.3 is 4.90 Å². The van der Waals surface area contributed by atoms with Gasteiger partial charge in [0.1, 0.15) is 0 Å². The summed E-state index contributed by atoms with van der Waals surface area (Å²) in [6, 6.07) is 21.7. The number of aromatic nitrogens is 4. The summed E-state index contributed by atoms with van der Waals surface area (Å²) in [5.41, 5.74) is 4.74. The molecule has 4 rings (SSSR count). The maximum Gasteiger partial charge on any atom is 0.237 e. The van der Waals surface area contributed by atoms with Gasteiger partial charge in [0.25, 0.3) is 0 Å². The zero-order valence-electron chi connectivity index (χ0n) is 19.0. The van der Waals surface area contributed by atoms with Gasteiger partial charge in [-0.05, 0) is 61.4 Å². The first-order valence-corrected chi connectivity index (χ1v) is 11.8. The third kappa shape index (κ3) is 5.33. The van der Waals surface area contributed by atoms with E-state index in [2.05, 4.69) is 27.3 Å². The number of anilines is 1. The second kappa shape index (κ2) is 10.8. The van der Waals surface area contributed by atoms with Gasteiger partial charge in [0.2, 0.25) is 5.91 Å². The van der Waals surface area contributed by atoms with E-state index >= 15 is 0 Å². The molecule has 0 aliphatic heterocycles. The first kappa shape index (κ1) is 23.2. The highest BCUT2D eigenvalue weighted by Gasteiger charge is 2.20. The highest BCUT2D eigenvalue weighted by molar-refractivity contribution is 7.99. The van der Waals surface area contributed by atoms with Gasteiger partial charge in [0, 0.05) is 35.9 Å². The lowest BCUT2D eigenvalue weighted by atomic mass is 10.1. The first-order chi connectivity index (χ1) is 16.6. The third-order valence-corrected chi connectivity index (χ3v) is 6.09. The van der Waals surface area contributed by atoms with E-state index in [1.165, 1.54) is 11.8 Å². The summed E-state index contributed by atoms with van der Waals surface area (Å²) in [6.45, 7) is 4.34. The zero-order valence-corrected chi connectivity index (χ0v) is 19.9. The molecule has 0 saturated heterocycles. The van der Waals surface area contributed by atoms with E-state index in [-0.39, 0.29) is 18.1 Å². The SMILES string of the molecule is Cc1cc(C)cc(N(CCC#N)C(=O)CSc2nnc(-c3ccncc3)n2-c2ccccc2)c1. The molecule has 8 heteroatoms. The van der Waals surface area contributed by atoms with Crippen LogP contribution in [0.4, 0.5) is 5.69 Å². The van der Waals surface area contributed by atoms with Crippen LogP contribution in [0.25, 0.3) is 17.1 Å². The number of pyridine rings is 1. The van der Waals surface area contributed by atoms with Crippen molar-refractivity contribution in [1.82, 2.24) is 19.7 Å². The van der Waals surface area contributed by atoms with Crippen molar-refractivity contribution in [1.29, 1.82) is 5.26 Å². The summed E-state index contributed by atoms with van der Waals surface area (Å²) in [4.78, 5) is 19.1.